The van der Waals surface area contributed by atoms with Crippen molar-refractivity contribution in [3.8, 4) is 0 Å². The molecule has 0 radical (unpaired) electrons. The molecule has 5 aliphatic rings. The maximum atomic E-state index is 2.95. The van der Waals surface area contributed by atoms with Gasteiger partial charge in [0.1, 0.15) is 0 Å². The Kier molecular flexibility index (Phi) is 2.09. The summed E-state index contributed by atoms with van der Waals surface area (Å²) in [6, 6.07) is 2.77. The summed E-state index contributed by atoms with van der Waals surface area (Å²) < 4.78 is 0. The number of nitrogens with zero attached hydrogens (tertiary/aromatic N) is 2. The highest BCUT2D eigenvalue weighted by atomic mass is 15.3. The summed E-state index contributed by atoms with van der Waals surface area (Å²) in [6.45, 7) is 6.63. The van der Waals surface area contributed by atoms with Gasteiger partial charge >= 0.3 is 0 Å². The lowest BCUT2D eigenvalue weighted by molar-refractivity contribution is 0.0418. The van der Waals surface area contributed by atoms with Gasteiger partial charge in [-0.3, -0.25) is 9.80 Å². The first kappa shape index (κ1) is 10.7. The van der Waals surface area contributed by atoms with Crippen LogP contribution in [0.1, 0.15) is 39.0 Å². The highest BCUT2D eigenvalue weighted by Crippen LogP contribution is 2.67. The van der Waals surface area contributed by atoms with E-state index < -0.39 is 0 Å². The molecule has 2 aliphatic heterocycles. The lowest BCUT2D eigenvalue weighted by atomic mass is 10.0. The van der Waals surface area contributed by atoms with E-state index in [4.69, 9.17) is 0 Å². The van der Waals surface area contributed by atoms with Gasteiger partial charge in [-0.05, 0) is 69.2 Å². The van der Waals surface area contributed by atoms with Crippen LogP contribution in [0.5, 0.6) is 0 Å². The molecule has 2 nitrogen and oxygen atoms in total. The smallest absolute Gasteiger partial charge is 0.0224 e. The molecule has 2 bridgehead atoms. The van der Waals surface area contributed by atoms with E-state index in [1.807, 2.05) is 0 Å². The minimum absolute atomic E-state index is 0.828. The molecule has 5 rings (SSSR count). The van der Waals surface area contributed by atoms with Crippen molar-refractivity contribution < 1.29 is 0 Å². The van der Waals surface area contributed by atoms with Crippen molar-refractivity contribution in [2.75, 3.05) is 19.6 Å². The Bertz CT molecular complexity index is 352. The third-order valence-electron chi connectivity index (χ3n) is 7.06. The van der Waals surface area contributed by atoms with Gasteiger partial charge in [0.05, 0.1) is 0 Å². The third-order valence-corrected chi connectivity index (χ3v) is 7.06. The van der Waals surface area contributed by atoms with E-state index in [2.05, 4.69) is 16.7 Å². The third kappa shape index (κ3) is 1.27. The fourth-order valence-corrected chi connectivity index (χ4v) is 6.35. The Morgan fingerprint density at radius 3 is 2.50 bits per heavy atom. The molecule has 100 valence electrons. The van der Waals surface area contributed by atoms with E-state index in [-0.39, 0.29) is 0 Å². The van der Waals surface area contributed by atoms with Gasteiger partial charge in [-0.1, -0.05) is 0 Å². The SMILES string of the molecule is CC1CN2CCCC2CN1C1C2C3CCC(C3)C21. The fraction of sp³-hybridized carbons (Fsp3) is 1.00. The van der Waals surface area contributed by atoms with Crippen molar-refractivity contribution in [1.82, 2.24) is 9.80 Å². The second kappa shape index (κ2) is 3.52. The van der Waals surface area contributed by atoms with Crippen LogP contribution < -0.4 is 0 Å². The van der Waals surface area contributed by atoms with Crippen LogP contribution >= 0.6 is 0 Å². The van der Waals surface area contributed by atoms with Crippen molar-refractivity contribution >= 4 is 0 Å². The number of rotatable bonds is 1. The minimum atomic E-state index is 0.828. The van der Waals surface area contributed by atoms with E-state index in [0.717, 1.165) is 41.8 Å². The van der Waals surface area contributed by atoms with Crippen LogP contribution in [0, 0.1) is 23.7 Å². The van der Waals surface area contributed by atoms with Gasteiger partial charge in [0.25, 0.3) is 0 Å². The number of piperazine rings is 1. The lowest BCUT2D eigenvalue weighted by Crippen LogP contribution is -2.56. The molecule has 18 heavy (non-hydrogen) atoms. The first-order valence-corrected chi connectivity index (χ1v) is 8.33. The van der Waals surface area contributed by atoms with E-state index in [0.29, 0.717) is 0 Å². The molecule has 2 saturated heterocycles. The van der Waals surface area contributed by atoms with E-state index in [1.165, 1.54) is 32.5 Å². The van der Waals surface area contributed by atoms with Crippen LogP contribution in [0.25, 0.3) is 0 Å². The molecule has 0 spiro atoms. The maximum absolute atomic E-state index is 2.95. The van der Waals surface area contributed by atoms with Gasteiger partial charge in [-0.25, -0.2) is 0 Å². The molecule has 3 aliphatic carbocycles. The summed E-state index contributed by atoms with van der Waals surface area (Å²) in [5, 5.41) is 0. The molecular formula is C16H26N2. The summed E-state index contributed by atoms with van der Waals surface area (Å²) in [4.78, 5) is 5.72. The van der Waals surface area contributed by atoms with Crippen molar-refractivity contribution in [2.24, 2.45) is 23.7 Å². The van der Waals surface area contributed by atoms with Crippen LogP contribution in [0.15, 0.2) is 0 Å². The van der Waals surface area contributed by atoms with Gasteiger partial charge < -0.3 is 0 Å². The molecule has 0 aromatic rings. The van der Waals surface area contributed by atoms with Gasteiger partial charge in [-0.2, -0.15) is 0 Å². The quantitative estimate of drug-likeness (QED) is 0.700. The lowest BCUT2D eigenvalue weighted by Gasteiger charge is -2.43. The first-order chi connectivity index (χ1) is 8.83. The van der Waals surface area contributed by atoms with E-state index in [9.17, 15) is 0 Å². The molecule has 6 unspecified atom stereocenters. The predicted molar refractivity (Wildman–Crippen MR) is 72.4 cm³/mol. The average Bonchev–Trinajstić information content (AvgIpc) is 2.74. The van der Waals surface area contributed by atoms with Crippen LogP contribution in [-0.4, -0.2) is 47.6 Å². The second-order valence-corrected chi connectivity index (χ2v) is 7.82. The molecule has 0 amide bonds. The minimum Gasteiger partial charge on any atom is -0.298 e. The molecule has 0 N–H and O–H groups in total. The summed E-state index contributed by atoms with van der Waals surface area (Å²) in [6.07, 6.45) is 7.66. The Morgan fingerprint density at radius 1 is 0.944 bits per heavy atom. The number of hydrogen-bond acceptors (Lipinski definition) is 2. The van der Waals surface area contributed by atoms with Crippen LogP contribution in [0.2, 0.25) is 0 Å². The monoisotopic (exact) mass is 246 g/mol. The topological polar surface area (TPSA) is 6.48 Å². The summed E-state index contributed by atoms with van der Waals surface area (Å²) >= 11 is 0. The van der Waals surface area contributed by atoms with Gasteiger partial charge in [0.2, 0.25) is 0 Å². The first-order valence-electron chi connectivity index (χ1n) is 8.33. The Balaban J connectivity index is 1.36. The Labute approximate surface area is 111 Å². The molecular weight excluding hydrogens is 220 g/mol. The molecule has 0 aromatic heterocycles. The Hall–Kier alpha value is -0.0800. The van der Waals surface area contributed by atoms with Crippen LogP contribution in [0.3, 0.4) is 0 Å². The second-order valence-electron chi connectivity index (χ2n) is 7.82. The van der Waals surface area contributed by atoms with Gasteiger partial charge in [0, 0.05) is 31.2 Å². The average molecular weight is 246 g/mol. The standard InChI is InChI=1S/C16H26N2/c1-10-8-17-6-2-3-13(17)9-18(10)16-14-11-4-5-12(7-11)15(14)16/h10-16H,2-9H2,1H3. The van der Waals surface area contributed by atoms with Crippen molar-refractivity contribution in [3.05, 3.63) is 0 Å². The zero-order valence-electron chi connectivity index (χ0n) is 11.6. The molecule has 6 atom stereocenters. The normalized spacial score (nSPS) is 58.8. The molecule has 2 heterocycles. The highest BCUT2D eigenvalue weighted by Gasteiger charge is 2.67. The zero-order valence-corrected chi connectivity index (χ0v) is 11.6. The van der Waals surface area contributed by atoms with E-state index in [1.54, 1.807) is 19.3 Å². The van der Waals surface area contributed by atoms with Crippen molar-refractivity contribution in [1.29, 1.82) is 0 Å². The van der Waals surface area contributed by atoms with Crippen molar-refractivity contribution in [2.45, 2.75) is 57.2 Å². The predicted octanol–water partition coefficient (Wildman–Crippen LogP) is 2.20. The summed E-state index contributed by atoms with van der Waals surface area (Å²) in [7, 11) is 0. The zero-order chi connectivity index (χ0) is 11.9. The fourth-order valence-electron chi connectivity index (χ4n) is 6.35. The van der Waals surface area contributed by atoms with Gasteiger partial charge in [0.15, 0.2) is 0 Å². The largest absolute Gasteiger partial charge is 0.298 e. The van der Waals surface area contributed by atoms with E-state index >= 15 is 0 Å². The number of hydrogen-bond donors (Lipinski definition) is 0. The molecule has 5 fully saturated rings. The van der Waals surface area contributed by atoms with Crippen LogP contribution in [-0.2, 0) is 0 Å². The number of fused-ring (bicyclic) bond motifs is 6. The van der Waals surface area contributed by atoms with Gasteiger partial charge in [-0.15, -0.1) is 0 Å². The molecule has 3 saturated carbocycles. The summed E-state index contributed by atoms with van der Waals surface area (Å²) in [5.41, 5.74) is 0. The van der Waals surface area contributed by atoms with Crippen LogP contribution in [0.4, 0.5) is 0 Å². The molecule has 0 aromatic carbocycles. The maximum Gasteiger partial charge on any atom is 0.0224 e. The Morgan fingerprint density at radius 2 is 1.72 bits per heavy atom. The highest BCUT2D eigenvalue weighted by molar-refractivity contribution is 5.18. The van der Waals surface area contributed by atoms with Crippen molar-refractivity contribution in [3.63, 3.8) is 0 Å². The molecule has 2 heteroatoms. The summed E-state index contributed by atoms with van der Waals surface area (Å²) in [5.74, 6) is 4.55.